The van der Waals surface area contributed by atoms with Gasteiger partial charge in [-0.05, 0) is 44.2 Å². The molecule has 0 aromatic heterocycles. The van der Waals surface area contributed by atoms with Crippen LogP contribution < -0.4 is 11.1 Å². The topological polar surface area (TPSA) is 55.1 Å². The minimum atomic E-state index is -1.16. The number of nitrogens with two attached hydrogens (primary N) is 1. The zero-order valence-corrected chi connectivity index (χ0v) is 13.3. The predicted octanol–water partition coefficient (Wildman–Crippen LogP) is 4.11. The Morgan fingerprint density at radius 3 is 2.33 bits per heavy atom. The van der Waals surface area contributed by atoms with Gasteiger partial charge in [0.1, 0.15) is 5.54 Å². The van der Waals surface area contributed by atoms with E-state index in [9.17, 15) is 4.79 Å². The molecule has 0 heterocycles. The van der Waals surface area contributed by atoms with E-state index in [0.29, 0.717) is 15.6 Å². The first-order chi connectivity index (χ1) is 9.83. The number of benzene rings is 2. The van der Waals surface area contributed by atoms with Crippen molar-refractivity contribution in [2.75, 3.05) is 5.32 Å². The Kier molecular flexibility index (Phi) is 4.45. The van der Waals surface area contributed by atoms with Crippen molar-refractivity contribution in [3.05, 3.63) is 63.6 Å². The molecule has 2 rings (SSSR count). The summed E-state index contributed by atoms with van der Waals surface area (Å²) in [6.45, 7) is 3.68. The zero-order chi connectivity index (χ0) is 15.6. The highest BCUT2D eigenvalue weighted by atomic mass is 35.5. The Morgan fingerprint density at radius 2 is 1.76 bits per heavy atom. The molecule has 0 saturated carbocycles. The van der Waals surface area contributed by atoms with Crippen LogP contribution in [-0.4, -0.2) is 5.91 Å². The SMILES string of the molecule is Cc1ccc(NC(C)(C(N)=O)c2cc(Cl)ccc2Cl)cc1. The molecular weight excluding hydrogens is 307 g/mol. The molecule has 0 aliphatic heterocycles. The molecule has 2 aromatic rings. The van der Waals surface area contributed by atoms with Crippen LogP contribution in [-0.2, 0) is 10.3 Å². The number of carbonyl (C=O) groups excluding carboxylic acids is 1. The lowest BCUT2D eigenvalue weighted by Crippen LogP contribution is -2.45. The maximum absolute atomic E-state index is 12.0. The van der Waals surface area contributed by atoms with Gasteiger partial charge in [0.25, 0.3) is 0 Å². The van der Waals surface area contributed by atoms with Crippen molar-refractivity contribution in [3.8, 4) is 0 Å². The first kappa shape index (κ1) is 15.7. The Morgan fingerprint density at radius 1 is 1.14 bits per heavy atom. The summed E-state index contributed by atoms with van der Waals surface area (Å²) >= 11 is 12.2. The lowest BCUT2D eigenvalue weighted by atomic mass is 9.90. The van der Waals surface area contributed by atoms with Gasteiger partial charge in [-0.1, -0.05) is 40.9 Å². The van der Waals surface area contributed by atoms with Gasteiger partial charge in [0.15, 0.2) is 0 Å². The Balaban J connectivity index is 2.47. The van der Waals surface area contributed by atoms with Gasteiger partial charge >= 0.3 is 0 Å². The molecule has 1 atom stereocenters. The number of hydrogen-bond acceptors (Lipinski definition) is 2. The molecule has 3 N–H and O–H groups in total. The molecule has 1 unspecified atom stereocenters. The van der Waals surface area contributed by atoms with E-state index in [2.05, 4.69) is 5.32 Å². The molecule has 0 fully saturated rings. The number of rotatable bonds is 4. The molecule has 5 heteroatoms. The van der Waals surface area contributed by atoms with Gasteiger partial charge in [-0.3, -0.25) is 4.79 Å². The van der Waals surface area contributed by atoms with Crippen LogP contribution in [0.3, 0.4) is 0 Å². The number of hydrogen-bond donors (Lipinski definition) is 2. The first-order valence-corrected chi connectivity index (χ1v) is 7.19. The molecule has 1 amide bonds. The molecule has 0 saturated heterocycles. The highest BCUT2D eigenvalue weighted by Crippen LogP contribution is 2.33. The summed E-state index contributed by atoms with van der Waals surface area (Å²) in [5, 5.41) is 4.07. The summed E-state index contributed by atoms with van der Waals surface area (Å²) in [7, 11) is 0. The van der Waals surface area contributed by atoms with Gasteiger partial charge in [-0.15, -0.1) is 0 Å². The third-order valence-electron chi connectivity index (χ3n) is 3.41. The van der Waals surface area contributed by atoms with Gasteiger partial charge in [-0.2, -0.15) is 0 Å². The number of aryl methyl sites for hydroxylation is 1. The Bertz CT molecular complexity index is 670. The second-order valence-corrected chi connectivity index (χ2v) is 5.95. The number of carbonyl (C=O) groups is 1. The summed E-state index contributed by atoms with van der Waals surface area (Å²) in [4.78, 5) is 12.0. The molecule has 0 radical (unpaired) electrons. The molecule has 0 bridgehead atoms. The third kappa shape index (κ3) is 3.31. The van der Waals surface area contributed by atoms with Crippen molar-refractivity contribution in [3.63, 3.8) is 0 Å². The monoisotopic (exact) mass is 322 g/mol. The second kappa shape index (κ2) is 5.96. The van der Waals surface area contributed by atoms with E-state index < -0.39 is 11.4 Å². The highest BCUT2D eigenvalue weighted by molar-refractivity contribution is 6.34. The van der Waals surface area contributed by atoms with Gasteiger partial charge in [0.05, 0.1) is 0 Å². The van der Waals surface area contributed by atoms with E-state index in [0.717, 1.165) is 11.3 Å². The minimum Gasteiger partial charge on any atom is -0.368 e. The van der Waals surface area contributed by atoms with Crippen LogP contribution in [0.1, 0.15) is 18.1 Å². The summed E-state index contributed by atoms with van der Waals surface area (Å²) in [5.74, 6) is -0.535. The van der Waals surface area contributed by atoms with Crippen molar-refractivity contribution in [1.82, 2.24) is 0 Å². The normalized spacial score (nSPS) is 13.5. The smallest absolute Gasteiger partial charge is 0.247 e. The van der Waals surface area contributed by atoms with Crippen LogP contribution in [0.15, 0.2) is 42.5 Å². The fraction of sp³-hybridized carbons (Fsp3) is 0.188. The summed E-state index contributed by atoms with van der Waals surface area (Å²) in [6.07, 6.45) is 0. The Labute approximate surface area is 134 Å². The minimum absolute atomic E-state index is 0.431. The van der Waals surface area contributed by atoms with E-state index in [1.54, 1.807) is 25.1 Å². The van der Waals surface area contributed by atoms with Crippen LogP contribution in [0.5, 0.6) is 0 Å². The largest absolute Gasteiger partial charge is 0.368 e. The third-order valence-corrected chi connectivity index (χ3v) is 3.97. The van der Waals surface area contributed by atoms with Crippen LogP contribution >= 0.6 is 23.2 Å². The fourth-order valence-corrected chi connectivity index (χ4v) is 2.55. The maximum atomic E-state index is 12.0. The molecule has 2 aromatic carbocycles. The standard InChI is InChI=1S/C16H16Cl2N2O/c1-10-3-6-12(7-4-10)20-16(2,15(19)21)13-9-11(17)5-8-14(13)18/h3-9,20H,1-2H3,(H2,19,21). The van der Waals surface area contributed by atoms with Crippen molar-refractivity contribution in [2.45, 2.75) is 19.4 Å². The zero-order valence-electron chi connectivity index (χ0n) is 11.8. The van der Waals surface area contributed by atoms with Crippen LogP contribution in [0, 0.1) is 6.92 Å². The summed E-state index contributed by atoms with van der Waals surface area (Å²) in [5.41, 5.74) is 6.89. The first-order valence-electron chi connectivity index (χ1n) is 6.43. The summed E-state index contributed by atoms with van der Waals surface area (Å²) < 4.78 is 0. The van der Waals surface area contributed by atoms with Crippen molar-refractivity contribution >= 4 is 34.8 Å². The number of nitrogens with one attached hydrogen (secondary N) is 1. The van der Waals surface area contributed by atoms with E-state index in [1.165, 1.54) is 0 Å². The quantitative estimate of drug-likeness (QED) is 0.889. The molecule has 0 spiro atoms. The van der Waals surface area contributed by atoms with Crippen LogP contribution in [0.4, 0.5) is 5.69 Å². The van der Waals surface area contributed by atoms with E-state index in [4.69, 9.17) is 28.9 Å². The highest BCUT2D eigenvalue weighted by Gasteiger charge is 2.35. The van der Waals surface area contributed by atoms with Crippen LogP contribution in [0.2, 0.25) is 10.0 Å². The lowest BCUT2D eigenvalue weighted by Gasteiger charge is -2.30. The second-order valence-electron chi connectivity index (χ2n) is 5.10. The van der Waals surface area contributed by atoms with Crippen LogP contribution in [0.25, 0.3) is 0 Å². The predicted molar refractivity (Wildman–Crippen MR) is 87.8 cm³/mol. The average molecular weight is 323 g/mol. The van der Waals surface area contributed by atoms with Gasteiger partial charge in [0.2, 0.25) is 5.91 Å². The van der Waals surface area contributed by atoms with E-state index >= 15 is 0 Å². The lowest BCUT2D eigenvalue weighted by molar-refractivity contribution is -0.122. The number of primary amides is 1. The fourth-order valence-electron chi connectivity index (χ4n) is 2.07. The number of anilines is 1. The maximum Gasteiger partial charge on any atom is 0.247 e. The van der Waals surface area contributed by atoms with Crippen molar-refractivity contribution in [1.29, 1.82) is 0 Å². The molecule has 0 aliphatic rings. The van der Waals surface area contributed by atoms with E-state index in [-0.39, 0.29) is 0 Å². The molecule has 0 aliphatic carbocycles. The Hall–Kier alpha value is -1.71. The molecule has 110 valence electrons. The number of amides is 1. The molecular formula is C16H16Cl2N2O. The van der Waals surface area contributed by atoms with Crippen molar-refractivity contribution in [2.24, 2.45) is 5.73 Å². The average Bonchev–Trinajstić information content (AvgIpc) is 2.43. The van der Waals surface area contributed by atoms with Gasteiger partial charge < -0.3 is 11.1 Å². The molecule has 21 heavy (non-hydrogen) atoms. The van der Waals surface area contributed by atoms with Crippen molar-refractivity contribution < 1.29 is 4.79 Å². The van der Waals surface area contributed by atoms with Gasteiger partial charge in [0, 0.05) is 21.3 Å². The summed E-state index contributed by atoms with van der Waals surface area (Å²) in [6, 6.07) is 12.6. The number of halogens is 2. The van der Waals surface area contributed by atoms with Gasteiger partial charge in [-0.25, -0.2) is 0 Å². The van der Waals surface area contributed by atoms with E-state index in [1.807, 2.05) is 31.2 Å². The molecule has 3 nitrogen and oxygen atoms in total.